The van der Waals surface area contributed by atoms with Gasteiger partial charge in [0.2, 0.25) is 0 Å². The minimum atomic E-state index is 0.697. The number of fused-ring (bicyclic) bond motifs is 7. The van der Waals surface area contributed by atoms with Gasteiger partial charge < -0.3 is 0 Å². The van der Waals surface area contributed by atoms with Gasteiger partial charge in [-0.2, -0.15) is 0 Å². The third kappa shape index (κ3) is 5.41. The number of imidazole rings is 1. The fourth-order valence-corrected chi connectivity index (χ4v) is 7.78. The van der Waals surface area contributed by atoms with Gasteiger partial charge in [0.1, 0.15) is 11.2 Å². The molecule has 7 aromatic carbocycles. The second-order valence-corrected chi connectivity index (χ2v) is 14.0. The highest BCUT2D eigenvalue weighted by molar-refractivity contribution is 6.09. The summed E-state index contributed by atoms with van der Waals surface area (Å²) in [6.07, 6.45) is 2.06. The summed E-state index contributed by atoms with van der Waals surface area (Å²) in [4.78, 5) is 20.6. The minimum Gasteiger partial charge on any atom is -0.298 e. The van der Waals surface area contributed by atoms with Gasteiger partial charge in [-0.15, -0.1) is 0 Å². The summed E-state index contributed by atoms with van der Waals surface area (Å²) in [5.41, 5.74) is 12.8. The average Bonchev–Trinajstić information content (AvgIpc) is 3.66. The molecule has 0 bridgehead atoms. The molecule has 0 amide bonds. The van der Waals surface area contributed by atoms with E-state index in [4.69, 9.17) is 19.9 Å². The van der Waals surface area contributed by atoms with Gasteiger partial charge in [-0.1, -0.05) is 140 Å². The van der Waals surface area contributed by atoms with Gasteiger partial charge in [-0.25, -0.2) is 19.9 Å². The van der Waals surface area contributed by atoms with Gasteiger partial charge in [0.25, 0.3) is 0 Å². The summed E-state index contributed by atoms with van der Waals surface area (Å²) in [6.45, 7) is 0. The maximum absolute atomic E-state index is 5.20. The molecule has 0 aliphatic heterocycles. The first-order valence-electron chi connectivity index (χ1n) is 18.5. The van der Waals surface area contributed by atoms with Gasteiger partial charge in [0.05, 0.1) is 28.1 Å². The lowest BCUT2D eigenvalue weighted by atomic mass is 9.98. The number of para-hydroxylation sites is 1. The van der Waals surface area contributed by atoms with E-state index < -0.39 is 0 Å². The summed E-state index contributed by atoms with van der Waals surface area (Å²) in [5.74, 6) is 0.697. The molecule has 11 aromatic rings. The lowest BCUT2D eigenvalue weighted by Crippen LogP contribution is -1.96. The summed E-state index contributed by atoms with van der Waals surface area (Å²) >= 11 is 0. The molecule has 11 rings (SSSR count). The van der Waals surface area contributed by atoms with Crippen molar-refractivity contribution in [3.8, 4) is 56.3 Å². The fourth-order valence-electron chi connectivity index (χ4n) is 7.78. The van der Waals surface area contributed by atoms with Crippen molar-refractivity contribution in [3.05, 3.63) is 188 Å². The van der Waals surface area contributed by atoms with Crippen LogP contribution < -0.4 is 0 Å². The van der Waals surface area contributed by atoms with Crippen LogP contribution in [0.2, 0.25) is 0 Å². The zero-order valence-corrected chi connectivity index (χ0v) is 29.6. The molecule has 0 spiro atoms. The number of hydrogen-bond donors (Lipinski definition) is 0. The smallest absolute Gasteiger partial charge is 0.160 e. The van der Waals surface area contributed by atoms with Crippen LogP contribution in [0.5, 0.6) is 0 Å². The maximum Gasteiger partial charge on any atom is 0.160 e. The van der Waals surface area contributed by atoms with Crippen molar-refractivity contribution in [3.63, 3.8) is 0 Å². The van der Waals surface area contributed by atoms with Crippen LogP contribution in [0.15, 0.2) is 188 Å². The van der Waals surface area contributed by atoms with Crippen molar-refractivity contribution in [2.45, 2.75) is 0 Å². The van der Waals surface area contributed by atoms with E-state index in [1.54, 1.807) is 0 Å². The molecule has 4 aromatic heterocycles. The third-order valence-electron chi connectivity index (χ3n) is 10.6. The SMILES string of the molecule is c1cc(-c2ccc(-c3nc4ccccc4c4nc5ccccn5c34)cc2)cc(-c2cc(-c3ccc4ccccc4c3)nc(-c3ccc4ccccc4c3)n2)c1. The van der Waals surface area contributed by atoms with E-state index in [0.717, 1.165) is 83.4 Å². The summed E-state index contributed by atoms with van der Waals surface area (Å²) in [6, 6.07) is 63.6. The van der Waals surface area contributed by atoms with E-state index in [2.05, 4.69) is 162 Å². The van der Waals surface area contributed by atoms with Crippen LogP contribution in [-0.2, 0) is 0 Å². The van der Waals surface area contributed by atoms with Crippen LogP contribution in [0.1, 0.15) is 0 Å². The molecule has 55 heavy (non-hydrogen) atoms. The largest absolute Gasteiger partial charge is 0.298 e. The Labute approximate surface area is 316 Å². The highest BCUT2D eigenvalue weighted by Gasteiger charge is 2.17. The van der Waals surface area contributed by atoms with Crippen molar-refractivity contribution >= 4 is 49.1 Å². The molecular weight excluding hydrogens is 671 g/mol. The molecule has 5 heteroatoms. The molecule has 0 aliphatic carbocycles. The van der Waals surface area contributed by atoms with Crippen LogP contribution in [0.4, 0.5) is 0 Å². The summed E-state index contributed by atoms with van der Waals surface area (Å²) in [7, 11) is 0. The molecular formula is C50H31N5. The van der Waals surface area contributed by atoms with Crippen LogP contribution >= 0.6 is 0 Å². The molecule has 0 atom stereocenters. The maximum atomic E-state index is 5.20. The van der Waals surface area contributed by atoms with Crippen molar-refractivity contribution in [2.24, 2.45) is 0 Å². The van der Waals surface area contributed by atoms with E-state index >= 15 is 0 Å². The Kier molecular flexibility index (Phi) is 7.10. The Hall–Kier alpha value is -7.50. The minimum absolute atomic E-state index is 0.697. The quantitative estimate of drug-likeness (QED) is 0.179. The van der Waals surface area contributed by atoms with Gasteiger partial charge in [0, 0.05) is 33.8 Å². The Morgan fingerprint density at radius 3 is 1.75 bits per heavy atom. The first-order valence-corrected chi connectivity index (χ1v) is 18.5. The second-order valence-electron chi connectivity index (χ2n) is 14.0. The zero-order chi connectivity index (χ0) is 36.3. The molecule has 0 saturated heterocycles. The molecule has 0 unspecified atom stereocenters. The standard InChI is InChI=1S/C50H31N5/c1-3-12-36-29-40(25-21-32(36)10-1)45-31-44(52-50(53-45)41-26-22-33-11-2-4-13-37(33)30-41)39-15-9-14-38(28-39)34-19-23-35(24-20-34)47-49-48(42-16-5-6-17-43(42)51-47)54-46-18-7-8-27-55(46)49/h1-31H. The predicted molar refractivity (Wildman–Crippen MR) is 226 cm³/mol. The zero-order valence-electron chi connectivity index (χ0n) is 29.6. The van der Waals surface area contributed by atoms with Crippen molar-refractivity contribution in [1.82, 2.24) is 24.3 Å². The van der Waals surface area contributed by atoms with Gasteiger partial charge in [-0.3, -0.25) is 4.40 Å². The number of pyridine rings is 2. The lowest BCUT2D eigenvalue weighted by molar-refractivity contribution is 1.18. The summed E-state index contributed by atoms with van der Waals surface area (Å²) in [5, 5.41) is 5.78. The first-order chi connectivity index (χ1) is 27.2. The molecule has 0 radical (unpaired) electrons. The third-order valence-corrected chi connectivity index (χ3v) is 10.6. The van der Waals surface area contributed by atoms with Crippen LogP contribution in [-0.4, -0.2) is 24.3 Å². The topological polar surface area (TPSA) is 56.0 Å². The van der Waals surface area contributed by atoms with Crippen LogP contribution in [0.3, 0.4) is 0 Å². The molecule has 0 aliphatic rings. The fraction of sp³-hybridized carbons (Fsp3) is 0. The van der Waals surface area contributed by atoms with E-state index in [9.17, 15) is 0 Å². The van der Waals surface area contributed by atoms with Crippen LogP contribution in [0.25, 0.3) is 105 Å². The normalized spacial score (nSPS) is 11.6. The van der Waals surface area contributed by atoms with E-state index in [-0.39, 0.29) is 0 Å². The lowest BCUT2D eigenvalue weighted by Gasteiger charge is -2.12. The molecule has 256 valence electrons. The molecule has 5 nitrogen and oxygen atoms in total. The average molecular weight is 702 g/mol. The van der Waals surface area contributed by atoms with E-state index in [1.165, 1.54) is 16.2 Å². The van der Waals surface area contributed by atoms with Crippen molar-refractivity contribution in [1.29, 1.82) is 0 Å². The Balaban J connectivity index is 1.01. The highest BCUT2D eigenvalue weighted by atomic mass is 15.0. The number of aromatic nitrogens is 5. The van der Waals surface area contributed by atoms with Gasteiger partial charge >= 0.3 is 0 Å². The number of nitrogens with zero attached hydrogens (tertiary/aromatic N) is 5. The van der Waals surface area contributed by atoms with Crippen molar-refractivity contribution in [2.75, 3.05) is 0 Å². The monoisotopic (exact) mass is 701 g/mol. The number of benzene rings is 7. The highest BCUT2D eigenvalue weighted by Crippen LogP contribution is 2.36. The number of rotatable bonds is 5. The molecule has 0 N–H and O–H groups in total. The Bertz CT molecular complexity index is 3170. The Morgan fingerprint density at radius 2 is 0.964 bits per heavy atom. The van der Waals surface area contributed by atoms with Crippen LogP contribution in [0, 0.1) is 0 Å². The van der Waals surface area contributed by atoms with Crippen molar-refractivity contribution < 1.29 is 0 Å². The summed E-state index contributed by atoms with van der Waals surface area (Å²) < 4.78 is 2.14. The predicted octanol–water partition coefficient (Wildman–Crippen LogP) is 12.5. The van der Waals surface area contributed by atoms with E-state index in [1.807, 2.05) is 30.3 Å². The van der Waals surface area contributed by atoms with Gasteiger partial charge in [-0.05, 0) is 75.1 Å². The molecule has 4 heterocycles. The van der Waals surface area contributed by atoms with Gasteiger partial charge in [0.15, 0.2) is 5.82 Å². The molecule has 0 saturated carbocycles. The Morgan fingerprint density at radius 1 is 0.364 bits per heavy atom. The number of hydrogen-bond acceptors (Lipinski definition) is 4. The molecule has 0 fully saturated rings. The second kappa shape index (κ2) is 12.6. The first kappa shape index (κ1) is 31.1. The van der Waals surface area contributed by atoms with E-state index in [0.29, 0.717) is 5.82 Å².